The number of thiol groups is 1. The van der Waals surface area contributed by atoms with Crippen LogP contribution in [0.5, 0.6) is 0 Å². The van der Waals surface area contributed by atoms with E-state index < -0.39 is 11.0 Å². The Kier molecular flexibility index (Phi) is 4.29. The molecule has 16 heavy (non-hydrogen) atoms. The lowest BCUT2D eigenvalue weighted by Gasteiger charge is -2.11. The largest absolute Gasteiger partial charge is 0.353 e. The predicted molar refractivity (Wildman–Crippen MR) is 60.5 cm³/mol. The van der Waals surface area contributed by atoms with Crippen LogP contribution in [-0.4, -0.2) is 32.9 Å². The van der Waals surface area contributed by atoms with Crippen LogP contribution in [0.4, 0.5) is 5.69 Å². The maximum Gasteiger partial charge on any atom is 0.307 e. The van der Waals surface area contributed by atoms with Crippen LogP contribution in [0.15, 0.2) is 12.4 Å². The van der Waals surface area contributed by atoms with E-state index in [4.69, 9.17) is 0 Å². The van der Waals surface area contributed by atoms with E-state index in [1.807, 2.05) is 0 Å². The molecule has 1 aromatic rings. The van der Waals surface area contributed by atoms with Crippen molar-refractivity contribution in [2.45, 2.75) is 13.0 Å². The second-order valence-electron chi connectivity index (χ2n) is 3.13. The maximum absolute atomic E-state index is 11.5. The van der Waals surface area contributed by atoms with Crippen molar-refractivity contribution in [3.63, 3.8) is 0 Å². The second kappa shape index (κ2) is 5.50. The van der Waals surface area contributed by atoms with Crippen molar-refractivity contribution < 1.29 is 9.72 Å². The van der Waals surface area contributed by atoms with E-state index in [1.165, 1.54) is 10.9 Å². The fourth-order valence-corrected chi connectivity index (χ4v) is 1.19. The molecule has 0 radical (unpaired) electrons. The van der Waals surface area contributed by atoms with Crippen LogP contribution in [-0.2, 0) is 4.79 Å². The fraction of sp³-hybridized carbons (Fsp3) is 0.500. The van der Waals surface area contributed by atoms with Crippen molar-refractivity contribution in [3.05, 3.63) is 22.5 Å². The highest BCUT2D eigenvalue weighted by molar-refractivity contribution is 7.80. The van der Waals surface area contributed by atoms with E-state index in [-0.39, 0.29) is 11.6 Å². The fourth-order valence-electron chi connectivity index (χ4n) is 1.08. The minimum absolute atomic E-state index is 0.131. The smallest absolute Gasteiger partial charge is 0.307 e. The molecule has 1 N–H and O–H groups in total. The van der Waals surface area contributed by atoms with Gasteiger partial charge in [-0.15, -0.1) is 0 Å². The summed E-state index contributed by atoms with van der Waals surface area (Å²) in [5.41, 5.74) is -0.131. The number of nitrogens with zero attached hydrogens (tertiary/aromatic N) is 3. The van der Waals surface area contributed by atoms with Gasteiger partial charge in [-0.2, -0.15) is 17.7 Å². The third kappa shape index (κ3) is 2.96. The van der Waals surface area contributed by atoms with Gasteiger partial charge in [-0.1, -0.05) is 0 Å². The maximum atomic E-state index is 11.5. The molecular formula is C8H12N4O3S. The lowest BCUT2D eigenvalue weighted by Crippen LogP contribution is -2.32. The van der Waals surface area contributed by atoms with E-state index in [1.54, 1.807) is 6.92 Å². The van der Waals surface area contributed by atoms with Crippen LogP contribution < -0.4 is 5.32 Å². The first-order valence-corrected chi connectivity index (χ1v) is 5.26. The van der Waals surface area contributed by atoms with E-state index >= 15 is 0 Å². The molecule has 0 saturated heterocycles. The Morgan fingerprint density at radius 3 is 3.00 bits per heavy atom. The van der Waals surface area contributed by atoms with Crippen molar-refractivity contribution in [1.29, 1.82) is 0 Å². The number of nitrogens with one attached hydrogen (secondary N) is 1. The Morgan fingerprint density at radius 2 is 2.50 bits per heavy atom. The molecule has 7 nitrogen and oxygen atoms in total. The highest BCUT2D eigenvalue weighted by atomic mass is 32.1. The number of aromatic nitrogens is 2. The zero-order valence-corrected chi connectivity index (χ0v) is 9.55. The van der Waals surface area contributed by atoms with Gasteiger partial charge in [-0.05, 0) is 6.92 Å². The lowest BCUT2D eigenvalue weighted by atomic mass is 10.3. The Labute approximate surface area is 97.4 Å². The molecule has 0 aliphatic carbocycles. The first-order chi connectivity index (χ1) is 7.56. The summed E-state index contributed by atoms with van der Waals surface area (Å²) in [5, 5.41) is 16.8. The molecule has 1 unspecified atom stereocenters. The van der Waals surface area contributed by atoms with Crippen molar-refractivity contribution in [2.75, 3.05) is 12.3 Å². The van der Waals surface area contributed by atoms with Crippen LogP contribution in [0.25, 0.3) is 0 Å². The van der Waals surface area contributed by atoms with E-state index in [2.05, 4.69) is 23.0 Å². The van der Waals surface area contributed by atoms with Crippen molar-refractivity contribution >= 4 is 24.2 Å². The zero-order chi connectivity index (χ0) is 12.1. The van der Waals surface area contributed by atoms with Gasteiger partial charge in [0, 0.05) is 12.3 Å². The van der Waals surface area contributed by atoms with Gasteiger partial charge in [0.1, 0.15) is 18.4 Å². The predicted octanol–water partition coefficient (Wildman–Crippen LogP) is 0.398. The third-order valence-electron chi connectivity index (χ3n) is 1.99. The summed E-state index contributed by atoms with van der Waals surface area (Å²) in [7, 11) is 0. The van der Waals surface area contributed by atoms with Crippen LogP contribution in [0.2, 0.25) is 0 Å². The quantitative estimate of drug-likeness (QED) is 0.445. The summed E-state index contributed by atoms with van der Waals surface area (Å²) in [6.07, 6.45) is 2.34. The average molecular weight is 244 g/mol. The molecule has 88 valence electrons. The summed E-state index contributed by atoms with van der Waals surface area (Å²) in [4.78, 5) is 21.4. The van der Waals surface area contributed by atoms with Gasteiger partial charge in [0.2, 0.25) is 5.91 Å². The Hall–Kier alpha value is -1.57. The monoisotopic (exact) mass is 244 g/mol. The molecule has 0 spiro atoms. The van der Waals surface area contributed by atoms with Crippen LogP contribution in [0.1, 0.15) is 13.0 Å². The molecule has 0 aromatic carbocycles. The van der Waals surface area contributed by atoms with Crippen molar-refractivity contribution in [3.8, 4) is 0 Å². The van der Waals surface area contributed by atoms with E-state index in [0.29, 0.717) is 12.3 Å². The molecule has 1 aromatic heterocycles. The highest BCUT2D eigenvalue weighted by Gasteiger charge is 2.18. The second-order valence-corrected chi connectivity index (χ2v) is 3.57. The summed E-state index contributed by atoms with van der Waals surface area (Å²) in [6.45, 7) is 2.07. The number of hydrogen-bond acceptors (Lipinski definition) is 5. The minimum Gasteiger partial charge on any atom is -0.353 e. The summed E-state index contributed by atoms with van der Waals surface area (Å²) in [6, 6.07) is -0.575. The number of hydrogen-bond donors (Lipinski definition) is 2. The molecule has 0 aliphatic heterocycles. The molecule has 8 heteroatoms. The van der Waals surface area contributed by atoms with Gasteiger partial charge in [-0.3, -0.25) is 19.6 Å². The molecule has 1 rings (SSSR count). The Balaban J connectivity index is 2.68. The normalized spacial score (nSPS) is 12.1. The Morgan fingerprint density at radius 1 is 1.81 bits per heavy atom. The van der Waals surface area contributed by atoms with Gasteiger partial charge in [0.15, 0.2) is 0 Å². The average Bonchev–Trinajstić information content (AvgIpc) is 2.74. The molecule has 0 aliphatic rings. The molecule has 1 amide bonds. The van der Waals surface area contributed by atoms with E-state index in [9.17, 15) is 14.9 Å². The van der Waals surface area contributed by atoms with Gasteiger partial charge < -0.3 is 5.32 Å². The van der Waals surface area contributed by atoms with Crippen molar-refractivity contribution in [2.24, 2.45) is 0 Å². The van der Waals surface area contributed by atoms with E-state index in [0.717, 1.165) is 6.20 Å². The van der Waals surface area contributed by atoms with Gasteiger partial charge in [0.05, 0.1) is 4.92 Å². The summed E-state index contributed by atoms with van der Waals surface area (Å²) >= 11 is 3.96. The number of carbonyl (C=O) groups is 1. The number of rotatable bonds is 5. The first kappa shape index (κ1) is 12.5. The third-order valence-corrected chi connectivity index (χ3v) is 2.21. The number of carbonyl (C=O) groups excluding carboxylic acids is 1. The van der Waals surface area contributed by atoms with Crippen molar-refractivity contribution in [1.82, 2.24) is 15.1 Å². The topological polar surface area (TPSA) is 90.1 Å². The Bertz CT molecular complexity index is 392. The first-order valence-electron chi connectivity index (χ1n) is 4.63. The molecule has 1 atom stereocenters. The van der Waals surface area contributed by atoms with Crippen LogP contribution in [0.3, 0.4) is 0 Å². The summed E-state index contributed by atoms with van der Waals surface area (Å²) in [5.74, 6) is 0.296. The zero-order valence-electron chi connectivity index (χ0n) is 8.66. The molecule has 0 fully saturated rings. The molecule has 0 saturated carbocycles. The van der Waals surface area contributed by atoms with Crippen LogP contribution in [0, 0.1) is 10.1 Å². The van der Waals surface area contributed by atoms with Gasteiger partial charge in [0.25, 0.3) is 0 Å². The summed E-state index contributed by atoms with van der Waals surface area (Å²) < 4.78 is 1.26. The highest BCUT2D eigenvalue weighted by Crippen LogP contribution is 2.12. The van der Waals surface area contributed by atoms with Gasteiger partial charge in [-0.25, -0.2) is 0 Å². The molecule has 0 bridgehead atoms. The lowest BCUT2D eigenvalue weighted by molar-refractivity contribution is -0.385. The number of nitro groups is 1. The SMILES string of the molecule is CC(C(=O)NCCS)n1cc([N+](=O)[O-])cn1. The van der Waals surface area contributed by atoms with Gasteiger partial charge >= 0.3 is 5.69 Å². The van der Waals surface area contributed by atoms with Crippen LogP contribution >= 0.6 is 12.6 Å². The molecule has 1 heterocycles. The number of amides is 1. The molecular weight excluding hydrogens is 232 g/mol. The minimum atomic E-state index is -0.575. The standard InChI is InChI=1S/C8H12N4O3S/c1-6(8(13)9-2-3-16)11-5-7(4-10-11)12(14)15/h4-6,16H,2-3H2,1H3,(H,9,13).